The summed E-state index contributed by atoms with van der Waals surface area (Å²) in [7, 11) is 6.35. The molecular weight excluding hydrogens is 486 g/mol. The van der Waals surface area contributed by atoms with E-state index >= 15 is 0 Å². The van der Waals surface area contributed by atoms with Gasteiger partial charge in [-0.15, -0.1) is 0 Å². The highest BCUT2D eigenvalue weighted by atomic mass is 33.1. The van der Waals surface area contributed by atoms with Gasteiger partial charge >= 0.3 is 6.03 Å². The number of nitrogens with zero attached hydrogens (tertiary/aromatic N) is 1. The van der Waals surface area contributed by atoms with Crippen LogP contribution in [-0.4, -0.2) is 55.7 Å². The first-order valence-electron chi connectivity index (χ1n) is 10.8. The second-order valence-corrected chi connectivity index (χ2v) is 11.6. The molecule has 0 aliphatic carbocycles. The van der Waals surface area contributed by atoms with Gasteiger partial charge < -0.3 is 24.8 Å². The SMILES string of the molecule is COc1cc(C(=O)c2cccc(NC(=O)NC3CS[S+](c4cccnc4)C3)c2)cc(OC)c1OC. The topological polar surface area (TPSA) is 98.8 Å². The van der Waals surface area contributed by atoms with Gasteiger partial charge in [0.05, 0.1) is 60.0 Å². The van der Waals surface area contributed by atoms with E-state index in [9.17, 15) is 9.59 Å². The maximum atomic E-state index is 13.2. The number of amides is 2. The van der Waals surface area contributed by atoms with E-state index in [4.69, 9.17) is 14.2 Å². The molecule has 2 amide bonds. The Hall–Kier alpha value is -3.37. The minimum atomic E-state index is -0.301. The summed E-state index contributed by atoms with van der Waals surface area (Å²) >= 11 is 0. The molecule has 0 spiro atoms. The molecule has 1 fully saturated rings. The highest BCUT2D eigenvalue weighted by Gasteiger charge is 2.37. The smallest absolute Gasteiger partial charge is 0.319 e. The Balaban J connectivity index is 1.42. The van der Waals surface area contributed by atoms with Crippen LogP contribution in [-0.2, 0) is 9.93 Å². The number of pyridine rings is 1. The third-order valence-corrected chi connectivity index (χ3v) is 9.85. The van der Waals surface area contributed by atoms with Crippen LogP contribution in [0.2, 0.25) is 0 Å². The van der Waals surface area contributed by atoms with Crippen molar-refractivity contribution in [2.75, 3.05) is 38.2 Å². The lowest BCUT2D eigenvalue weighted by atomic mass is 10.0. The molecule has 2 aromatic carbocycles. The van der Waals surface area contributed by atoms with Gasteiger partial charge in [0.15, 0.2) is 22.2 Å². The number of ketones is 1. The van der Waals surface area contributed by atoms with E-state index in [2.05, 4.69) is 21.7 Å². The summed E-state index contributed by atoms with van der Waals surface area (Å²) in [6.45, 7) is 0. The minimum absolute atomic E-state index is 0.0146. The van der Waals surface area contributed by atoms with Gasteiger partial charge in [-0.25, -0.2) is 4.79 Å². The number of methoxy groups -OCH3 is 3. The monoisotopic (exact) mass is 512 g/mol. The summed E-state index contributed by atoms with van der Waals surface area (Å²) in [6.07, 6.45) is 3.65. The molecule has 10 heteroatoms. The Morgan fingerprint density at radius 2 is 1.77 bits per heavy atom. The van der Waals surface area contributed by atoms with Crippen molar-refractivity contribution in [1.29, 1.82) is 0 Å². The largest absolute Gasteiger partial charge is 0.493 e. The molecule has 1 aromatic heterocycles. The van der Waals surface area contributed by atoms with Crippen LogP contribution in [0.1, 0.15) is 15.9 Å². The molecule has 1 saturated heterocycles. The predicted octanol–water partition coefficient (Wildman–Crippen LogP) is 4.17. The van der Waals surface area contributed by atoms with Gasteiger partial charge in [-0.3, -0.25) is 9.78 Å². The van der Waals surface area contributed by atoms with Crippen molar-refractivity contribution in [3.05, 3.63) is 72.1 Å². The Morgan fingerprint density at radius 1 is 1.00 bits per heavy atom. The Morgan fingerprint density at radius 3 is 2.43 bits per heavy atom. The molecule has 8 nitrogen and oxygen atoms in total. The molecule has 3 aromatic rings. The van der Waals surface area contributed by atoms with Gasteiger partial charge in [0.2, 0.25) is 5.75 Å². The van der Waals surface area contributed by atoms with Crippen molar-refractivity contribution in [1.82, 2.24) is 10.3 Å². The zero-order chi connectivity index (χ0) is 24.8. The number of urea groups is 1. The Labute approximate surface area is 210 Å². The highest BCUT2D eigenvalue weighted by Crippen LogP contribution is 2.39. The summed E-state index contributed by atoms with van der Waals surface area (Å²) in [5, 5.41) is 5.88. The summed E-state index contributed by atoms with van der Waals surface area (Å²) in [5.41, 5.74) is 1.33. The summed E-state index contributed by atoms with van der Waals surface area (Å²) < 4.78 is 16.0. The van der Waals surface area contributed by atoms with Crippen molar-refractivity contribution in [3.8, 4) is 17.2 Å². The Kier molecular flexibility index (Phi) is 8.04. The number of aromatic nitrogens is 1. The fourth-order valence-electron chi connectivity index (χ4n) is 3.64. The number of ether oxygens (including phenoxy) is 3. The first-order valence-corrected chi connectivity index (χ1v) is 13.7. The molecule has 2 heterocycles. The number of rotatable bonds is 8. The first-order chi connectivity index (χ1) is 17.0. The van der Waals surface area contributed by atoms with Gasteiger partial charge in [-0.05, 0) is 36.4 Å². The number of benzene rings is 2. The van der Waals surface area contributed by atoms with Crippen LogP contribution in [0.15, 0.2) is 65.8 Å². The second kappa shape index (κ2) is 11.4. The lowest BCUT2D eigenvalue weighted by Gasteiger charge is -2.14. The zero-order valence-corrected chi connectivity index (χ0v) is 21.2. The fraction of sp³-hybridized carbons (Fsp3) is 0.240. The lowest BCUT2D eigenvalue weighted by molar-refractivity contribution is 0.103. The summed E-state index contributed by atoms with van der Waals surface area (Å²) in [5.74, 6) is 2.66. The maximum absolute atomic E-state index is 13.2. The lowest BCUT2D eigenvalue weighted by Crippen LogP contribution is -2.40. The van der Waals surface area contributed by atoms with E-state index in [0.29, 0.717) is 34.1 Å². The van der Waals surface area contributed by atoms with Crippen LogP contribution in [0.3, 0.4) is 0 Å². The van der Waals surface area contributed by atoms with E-state index in [1.807, 2.05) is 23.1 Å². The number of carbonyl (C=O) groups is 2. The van der Waals surface area contributed by atoms with Gasteiger partial charge in [-0.2, -0.15) is 0 Å². The minimum Gasteiger partial charge on any atom is -0.493 e. The van der Waals surface area contributed by atoms with Gasteiger partial charge in [-0.1, -0.05) is 12.1 Å². The predicted molar refractivity (Wildman–Crippen MR) is 139 cm³/mol. The van der Waals surface area contributed by atoms with Crippen LogP contribution in [0.4, 0.5) is 10.5 Å². The molecule has 0 bridgehead atoms. The van der Waals surface area contributed by atoms with E-state index in [-0.39, 0.29) is 27.8 Å². The van der Waals surface area contributed by atoms with Crippen molar-refractivity contribution in [2.24, 2.45) is 0 Å². The number of anilines is 1. The molecule has 4 rings (SSSR count). The molecule has 0 radical (unpaired) electrons. The summed E-state index contributed by atoms with van der Waals surface area (Å²) in [4.78, 5) is 31.2. The Bertz CT molecular complexity index is 1180. The van der Waals surface area contributed by atoms with Crippen molar-refractivity contribution < 1.29 is 23.8 Å². The molecule has 2 atom stereocenters. The van der Waals surface area contributed by atoms with Crippen LogP contribution in [0, 0.1) is 0 Å². The van der Waals surface area contributed by atoms with E-state index < -0.39 is 0 Å². The van der Waals surface area contributed by atoms with Crippen LogP contribution in [0.5, 0.6) is 17.2 Å². The van der Waals surface area contributed by atoms with Gasteiger partial charge in [0, 0.05) is 23.0 Å². The maximum Gasteiger partial charge on any atom is 0.319 e. The average molecular weight is 513 g/mol. The van der Waals surface area contributed by atoms with Crippen LogP contribution < -0.4 is 24.8 Å². The van der Waals surface area contributed by atoms with Gasteiger partial charge in [0.1, 0.15) is 5.75 Å². The standard InChI is InChI=1S/C25H25N3O5S2/c1-31-21-11-17(12-22(32-2)24(21)33-3)23(29)16-6-4-7-18(10-16)27-25(30)28-19-14-34-35(15-19)20-8-5-9-26-13-20/h4-13,19H,14-15H2,1-3H3,(H-,27,28,30)/p+1. The number of nitrogens with one attached hydrogen (secondary N) is 2. The third-order valence-electron chi connectivity index (χ3n) is 5.31. The quantitative estimate of drug-likeness (QED) is 0.266. The number of hydrogen-bond donors (Lipinski definition) is 2. The van der Waals surface area contributed by atoms with E-state index in [1.54, 1.807) is 42.6 Å². The summed E-state index contributed by atoms with van der Waals surface area (Å²) in [6, 6.07) is 13.8. The second-order valence-electron chi connectivity index (χ2n) is 7.60. The fourth-order valence-corrected chi connectivity index (χ4v) is 8.19. The van der Waals surface area contributed by atoms with Gasteiger partial charge in [0.25, 0.3) is 0 Å². The van der Waals surface area contributed by atoms with Crippen molar-refractivity contribution in [3.63, 3.8) is 0 Å². The average Bonchev–Trinajstić information content (AvgIpc) is 3.36. The van der Waals surface area contributed by atoms with E-state index in [1.165, 1.54) is 26.2 Å². The molecular formula is C25H26N3O5S2+. The van der Waals surface area contributed by atoms with Crippen LogP contribution >= 0.6 is 10.8 Å². The number of hydrogen-bond acceptors (Lipinski definition) is 7. The molecule has 1 aliphatic rings. The molecule has 2 unspecified atom stereocenters. The van der Waals surface area contributed by atoms with E-state index in [0.717, 1.165) is 11.5 Å². The highest BCUT2D eigenvalue weighted by molar-refractivity contribution is 8.74. The van der Waals surface area contributed by atoms with Crippen molar-refractivity contribution in [2.45, 2.75) is 10.9 Å². The molecule has 2 N–H and O–H groups in total. The van der Waals surface area contributed by atoms with Crippen molar-refractivity contribution >= 4 is 38.2 Å². The first kappa shape index (κ1) is 24.7. The number of carbonyl (C=O) groups excluding carboxylic acids is 2. The molecule has 35 heavy (non-hydrogen) atoms. The van der Waals surface area contributed by atoms with Crippen LogP contribution in [0.25, 0.3) is 0 Å². The third kappa shape index (κ3) is 5.83. The molecule has 182 valence electrons. The zero-order valence-electron chi connectivity index (χ0n) is 19.6. The normalized spacial score (nSPS) is 16.9. The molecule has 1 aliphatic heterocycles. The molecule has 0 saturated carbocycles.